The van der Waals surface area contributed by atoms with Crippen LogP contribution in [0.3, 0.4) is 0 Å². The molecule has 0 spiro atoms. The number of ether oxygens (including phenoxy) is 4. The third kappa shape index (κ3) is 74.9. The molecule has 0 saturated carbocycles. The summed E-state index contributed by atoms with van der Waals surface area (Å²) in [5.41, 5.74) is 0. The number of hydrogen-bond donors (Lipinski definition) is 8. The molecule has 8 N–H and O–H groups in total. The molecule has 0 fully saturated rings. The van der Waals surface area contributed by atoms with Crippen LogP contribution in [0.4, 0.5) is 0 Å². The van der Waals surface area contributed by atoms with Crippen LogP contribution in [-0.2, 0) is 74.9 Å². The van der Waals surface area contributed by atoms with Crippen LogP contribution in [0.5, 0.6) is 0 Å². The number of rotatable bonds is 84. The number of aliphatic hydroxyl groups is 2. The molecule has 8 atom stereocenters. The lowest BCUT2D eigenvalue weighted by molar-refractivity contribution is -0.152. The van der Waals surface area contributed by atoms with Crippen molar-refractivity contribution in [3.05, 3.63) is 24.3 Å². The van der Waals surface area contributed by atoms with Crippen molar-refractivity contribution < 1.29 is 94.9 Å². The Balaban J connectivity index is 5.78. The Morgan fingerprint density at radius 2 is 0.622 bits per heavy atom. The highest BCUT2D eigenvalue weighted by Crippen LogP contribution is 2.44. The Morgan fingerprint density at radius 1 is 0.333 bits per heavy atom. The highest BCUT2D eigenvalue weighted by Gasteiger charge is 2.29. The van der Waals surface area contributed by atoms with Crippen LogP contribution in [0.1, 0.15) is 382 Å². The van der Waals surface area contributed by atoms with E-state index in [0.717, 1.165) is 154 Å². The Kier molecular flexibility index (Phi) is 75.0. The molecule has 24 nitrogen and oxygen atoms in total. The summed E-state index contributed by atoms with van der Waals surface area (Å²) in [6.07, 6.45) is 52.8. The number of nitrogens with one attached hydrogen (secondary N) is 4. The number of aliphatic hydroxyl groups excluding tert-OH is 2. The lowest BCUT2D eigenvalue weighted by atomic mass is 10.0. The third-order valence-corrected chi connectivity index (χ3v) is 21.3. The van der Waals surface area contributed by atoms with E-state index < -0.39 is 109 Å². The molecular formula is C85H162N4O20P2. The molecular weight excluding hydrogens is 1460 g/mol. The monoisotopic (exact) mass is 1620 g/mol. The Morgan fingerprint density at radius 3 is 0.946 bits per heavy atom. The number of esters is 2. The van der Waals surface area contributed by atoms with Gasteiger partial charge >= 0.3 is 27.6 Å². The maximum Gasteiger partial charge on any atom is 0.472 e. The summed E-state index contributed by atoms with van der Waals surface area (Å²) in [5, 5.41) is 31.8. The number of hydrogen-bond acceptors (Lipinski definition) is 18. The highest BCUT2D eigenvalue weighted by molar-refractivity contribution is 7.47. The quantitative estimate of drug-likeness (QED) is 0.00922. The molecule has 0 aliphatic carbocycles. The molecule has 0 aromatic heterocycles. The van der Waals surface area contributed by atoms with E-state index in [0.29, 0.717) is 51.4 Å². The van der Waals surface area contributed by atoms with Crippen molar-refractivity contribution in [2.45, 2.75) is 418 Å². The lowest BCUT2D eigenvalue weighted by Crippen LogP contribution is -2.43. The van der Waals surface area contributed by atoms with Crippen molar-refractivity contribution >= 4 is 51.2 Å². The summed E-state index contributed by atoms with van der Waals surface area (Å²) < 4.78 is 71.0. The van der Waals surface area contributed by atoms with E-state index in [1.54, 1.807) is 0 Å². The summed E-state index contributed by atoms with van der Waals surface area (Å²) in [7, 11) is -9.64. The van der Waals surface area contributed by atoms with Crippen molar-refractivity contribution in [2.75, 3.05) is 65.9 Å². The predicted octanol–water partition coefficient (Wildman–Crippen LogP) is 18.9. The largest absolute Gasteiger partial charge is 0.472 e. The molecule has 0 radical (unpaired) electrons. The molecule has 0 rings (SSSR count). The summed E-state index contributed by atoms with van der Waals surface area (Å²) in [5.74, 6) is -3.28. The van der Waals surface area contributed by atoms with Gasteiger partial charge in [0.1, 0.15) is 18.6 Å². The number of carbonyl (C=O) groups excluding carboxylic acids is 6. The van der Waals surface area contributed by atoms with E-state index in [4.69, 9.17) is 37.0 Å². The average molecular weight is 1620 g/mol. The maximum absolute atomic E-state index is 13.8. The van der Waals surface area contributed by atoms with Gasteiger partial charge in [0.2, 0.25) is 23.6 Å². The molecule has 0 saturated heterocycles. The smallest absolute Gasteiger partial charge is 0.462 e. The molecule has 26 heteroatoms. The molecule has 111 heavy (non-hydrogen) atoms. The van der Waals surface area contributed by atoms with Crippen molar-refractivity contribution in [3.63, 3.8) is 0 Å². The van der Waals surface area contributed by atoms with Gasteiger partial charge in [0.25, 0.3) is 0 Å². The zero-order valence-corrected chi connectivity index (χ0v) is 72.3. The van der Waals surface area contributed by atoms with E-state index in [9.17, 15) is 57.9 Å². The van der Waals surface area contributed by atoms with E-state index >= 15 is 0 Å². The van der Waals surface area contributed by atoms with Gasteiger partial charge in [-0.25, -0.2) is 9.13 Å². The predicted molar refractivity (Wildman–Crippen MR) is 444 cm³/mol. The van der Waals surface area contributed by atoms with E-state index in [-0.39, 0.29) is 77.1 Å². The van der Waals surface area contributed by atoms with Crippen LogP contribution in [0.2, 0.25) is 0 Å². The van der Waals surface area contributed by atoms with Gasteiger partial charge in [0, 0.05) is 39.1 Å². The molecule has 0 aromatic carbocycles. The van der Waals surface area contributed by atoms with E-state index in [1.165, 1.54) is 103 Å². The molecule has 0 heterocycles. The second-order valence-electron chi connectivity index (χ2n) is 30.3. The van der Waals surface area contributed by atoms with Gasteiger partial charge in [-0.05, 0) is 103 Å². The minimum absolute atomic E-state index is 0.144. The lowest BCUT2D eigenvalue weighted by Gasteiger charge is -2.23. The first-order valence-electron chi connectivity index (χ1n) is 44.3. The fourth-order valence-corrected chi connectivity index (χ4v) is 14.2. The first-order valence-corrected chi connectivity index (χ1v) is 47.3. The SMILES string of the molecule is CCCCCC/C=C/CCCC(=O)O[C@H](CCCCCCCCCCC)CC(=O)NC(COCC[C@H](O)CCCCCCC)COP(=O)(O)OCCNC(=O)CC(=O)NCCOP(=O)(O)OCC(COCC[C@H](O)CCCCCCC)NC(=O)C[C@@H](CCCCCCCCCCC)OC(=O)CCC/C=C/CCCCCC. The molecule has 0 bridgehead atoms. The van der Waals surface area contributed by atoms with Gasteiger partial charge in [-0.3, -0.25) is 46.9 Å². The van der Waals surface area contributed by atoms with Crippen molar-refractivity contribution in [1.29, 1.82) is 0 Å². The first kappa shape index (κ1) is 107. The van der Waals surface area contributed by atoms with Crippen molar-refractivity contribution in [1.82, 2.24) is 21.3 Å². The van der Waals surface area contributed by atoms with Gasteiger partial charge < -0.3 is 60.2 Å². The maximum atomic E-state index is 13.8. The number of phosphoric ester groups is 2. The van der Waals surface area contributed by atoms with Crippen molar-refractivity contribution in [2.24, 2.45) is 0 Å². The molecule has 0 aliphatic heterocycles. The number of carbonyl (C=O) groups is 6. The average Bonchev–Trinajstić information content (AvgIpc) is 0.909. The van der Waals surface area contributed by atoms with Gasteiger partial charge in [-0.1, -0.05) is 271 Å². The van der Waals surface area contributed by atoms with E-state index in [2.05, 4.69) is 87.1 Å². The summed E-state index contributed by atoms with van der Waals surface area (Å²) in [6, 6.07) is -1.92. The second kappa shape index (κ2) is 77.6. The van der Waals surface area contributed by atoms with Gasteiger partial charge in [-0.2, -0.15) is 0 Å². The zero-order valence-electron chi connectivity index (χ0n) is 70.5. The fourth-order valence-electron chi connectivity index (χ4n) is 12.6. The second-order valence-corrected chi connectivity index (χ2v) is 33.2. The van der Waals surface area contributed by atoms with Gasteiger partial charge in [-0.15, -0.1) is 0 Å². The van der Waals surface area contributed by atoms with Crippen molar-refractivity contribution in [3.8, 4) is 0 Å². The van der Waals surface area contributed by atoms with Crippen LogP contribution >= 0.6 is 15.6 Å². The van der Waals surface area contributed by atoms with Gasteiger partial charge in [0.15, 0.2) is 0 Å². The summed E-state index contributed by atoms with van der Waals surface area (Å²) in [6.45, 7) is 10.3. The normalized spacial score (nSPS) is 14.5. The molecule has 4 amide bonds. The van der Waals surface area contributed by atoms with Crippen LogP contribution in [0.15, 0.2) is 24.3 Å². The van der Waals surface area contributed by atoms with Crippen LogP contribution in [-0.4, -0.2) is 158 Å². The minimum Gasteiger partial charge on any atom is -0.462 e. The molecule has 652 valence electrons. The van der Waals surface area contributed by atoms with Crippen LogP contribution in [0.25, 0.3) is 0 Å². The molecule has 0 aromatic rings. The molecule has 4 unspecified atom stereocenters. The van der Waals surface area contributed by atoms with Crippen LogP contribution < -0.4 is 21.3 Å². The number of unbranched alkanes of at least 4 members (excludes halogenated alkanes) is 34. The summed E-state index contributed by atoms with van der Waals surface area (Å²) >= 11 is 0. The number of allylic oxidation sites excluding steroid dienone is 4. The van der Waals surface area contributed by atoms with Gasteiger partial charge in [0.05, 0.1) is 76.8 Å². The summed E-state index contributed by atoms with van der Waals surface area (Å²) in [4.78, 5) is 101. The Labute approximate surface area is 672 Å². The number of phosphoric acid groups is 2. The third-order valence-electron chi connectivity index (χ3n) is 19.4. The molecule has 0 aliphatic rings. The standard InChI is InChI=1S/C85H162N4O20P2/c1-7-13-19-25-29-33-37-43-49-55-78(108-84(96)57-51-45-39-35-31-27-21-15-9-3)67-82(94)88-74(70-102-63-59-76(90)53-47-41-23-17-11-5)72-106-110(98,99)104-65-61-86-80(92)69-81(93)87-62-66-105-111(100,101)107-73-75(71-103-64-60-77(91)54-48-42-24-18-12-6)89-83(95)68-79(56-50-44-38-34-30-26-20-14-8-2)109-85(97)58-52-46-40-36-32-28-22-16-10-4/h35-36,39-40,74-79,90-91H,7-34,37-38,41-73H2,1-6H3,(H,86,92)(H,87,93)(H,88,94)(H,89,95)(H,98,99)(H,100,101)/b39-35+,40-36+/t74?,75?,76-,77-,78-,79-/m1/s1. The Hall–Kier alpha value is -3.64. The first-order chi connectivity index (χ1) is 53.7. The topological polar surface area (TPSA) is 339 Å². The fraction of sp³-hybridized carbons (Fsp3) is 0.882. The Bertz CT molecular complexity index is 2240. The number of amides is 4. The zero-order chi connectivity index (χ0) is 81.8. The van der Waals surface area contributed by atoms with E-state index in [1.807, 2.05) is 0 Å². The minimum atomic E-state index is -4.82. The van der Waals surface area contributed by atoms with Crippen LogP contribution in [0, 0.1) is 0 Å². The highest BCUT2D eigenvalue weighted by atomic mass is 31.2.